The smallest absolute Gasteiger partial charge is 0.315 e. The molecule has 5 nitrogen and oxygen atoms in total. The highest BCUT2D eigenvalue weighted by molar-refractivity contribution is 7.91. The molecule has 21 heavy (non-hydrogen) atoms. The zero-order valence-corrected chi connectivity index (χ0v) is 13.1. The first-order valence-electron chi connectivity index (χ1n) is 7.37. The van der Waals surface area contributed by atoms with E-state index in [-0.39, 0.29) is 11.8 Å². The molecule has 1 saturated carbocycles. The van der Waals surface area contributed by atoms with Crippen LogP contribution in [0.1, 0.15) is 38.2 Å². The highest BCUT2D eigenvalue weighted by atomic mass is 32.2. The van der Waals surface area contributed by atoms with Crippen molar-refractivity contribution in [3.05, 3.63) is 29.8 Å². The third kappa shape index (κ3) is 4.46. The molecule has 6 heteroatoms. The van der Waals surface area contributed by atoms with Crippen molar-refractivity contribution in [1.29, 1.82) is 0 Å². The third-order valence-corrected chi connectivity index (χ3v) is 5.56. The molecule has 0 aromatic heterocycles. The first kappa shape index (κ1) is 15.8. The third-order valence-electron chi connectivity index (χ3n) is 3.81. The average Bonchev–Trinajstić information content (AvgIpc) is 2.98. The van der Waals surface area contributed by atoms with Crippen molar-refractivity contribution in [1.82, 2.24) is 10.6 Å². The van der Waals surface area contributed by atoms with Crippen molar-refractivity contribution in [2.45, 2.75) is 50.1 Å². The number of hydrogen-bond acceptors (Lipinski definition) is 3. The van der Waals surface area contributed by atoms with Gasteiger partial charge < -0.3 is 10.6 Å². The van der Waals surface area contributed by atoms with E-state index in [1.807, 2.05) is 0 Å². The molecule has 116 valence electrons. The maximum absolute atomic E-state index is 11.7. The zero-order chi connectivity index (χ0) is 15.3. The van der Waals surface area contributed by atoms with E-state index < -0.39 is 9.84 Å². The van der Waals surface area contributed by atoms with Crippen LogP contribution in [0.25, 0.3) is 0 Å². The van der Waals surface area contributed by atoms with Crippen LogP contribution in [0, 0.1) is 0 Å². The van der Waals surface area contributed by atoms with Gasteiger partial charge in [-0.15, -0.1) is 0 Å². The van der Waals surface area contributed by atoms with Gasteiger partial charge in [0.25, 0.3) is 0 Å². The van der Waals surface area contributed by atoms with Gasteiger partial charge in [0.05, 0.1) is 10.6 Å². The summed E-state index contributed by atoms with van der Waals surface area (Å²) in [5, 5.41) is 5.75. The van der Waals surface area contributed by atoms with Gasteiger partial charge in [-0.05, 0) is 30.5 Å². The highest BCUT2D eigenvalue weighted by Crippen LogP contribution is 2.17. The van der Waals surface area contributed by atoms with Gasteiger partial charge in [0, 0.05) is 12.6 Å². The Kier molecular flexibility index (Phi) is 5.22. The van der Waals surface area contributed by atoms with E-state index in [0.29, 0.717) is 17.5 Å². The highest BCUT2D eigenvalue weighted by Gasteiger charge is 2.16. The summed E-state index contributed by atoms with van der Waals surface area (Å²) in [5.41, 5.74) is 0.881. The van der Waals surface area contributed by atoms with E-state index in [9.17, 15) is 13.2 Å². The van der Waals surface area contributed by atoms with Crippen molar-refractivity contribution in [2.75, 3.05) is 5.75 Å². The molecule has 1 aliphatic rings. The number of sulfone groups is 1. The number of rotatable bonds is 5. The molecule has 0 spiro atoms. The van der Waals surface area contributed by atoms with Crippen LogP contribution in [-0.4, -0.2) is 26.2 Å². The van der Waals surface area contributed by atoms with Gasteiger partial charge in [-0.3, -0.25) is 0 Å². The number of amides is 2. The standard InChI is InChI=1S/C15H22N2O3S/c1-2-21(19,20)14-9-7-12(8-10-14)11-16-15(18)17-13-5-3-4-6-13/h7-10,13H,2-6,11H2,1H3,(H2,16,17,18). The summed E-state index contributed by atoms with van der Waals surface area (Å²) in [5.74, 6) is 0.0917. The Morgan fingerprint density at radius 1 is 1.19 bits per heavy atom. The zero-order valence-electron chi connectivity index (χ0n) is 12.3. The van der Waals surface area contributed by atoms with Gasteiger partial charge in [-0.2, -0.15) is 0 Å². The monoisotopic (exact) mass is 310 g/mol. The molecule has 0 aliphatic heterocycles. The summed E-state index contributed by atoms with van der Waals surface area (Å²) in [6.07, 6.45) is 4.46. The van der Waals surface area contributed by atoms with Crippen LogP contribution < -0.4 is 10.6 Å². The topological polar surface area (TPSA) is 75.3 Å². The van der Waals surface area contributed by atoms with E-state index in [0.717, 1.165) is 18.4 Å². The van der Waals surface area contributed by atoms with Gasteiger partial charge in [-0.25, -0.2) is 13.2 Å². The fraction of sp³-hybridized carbons (Fsp3) is 0.533. The lowest BCUT2D eigenvalue weighted by Crippen LogP contribution is -2.40. The predicted octanol–water partition coefficient (Wildman–Crippen LogP) is 2.22. The van der Waals surface area contributed by atoms with E-state index in [4.69, 9.17) is 0 Å². The average molecular weight is 310 g/mol. The van der Waals surface area contributed by atoms with Gasteiger partial charge in [0.1, 0.15) is 0 Å². The lowest BCUT2D eigenvalue weighted by molar-refractivity contribution is 0.236. The Balaban J connectivity index is 1.84. The Labute approximate surface area is 126 Å². The van der Waals surface area contributed by atoms with Crippen LogP contribution in [0.4, 0.5) is 4.79 Å². The van der Waals surface area contributed by atoms with Crippen LogP contribution in [0.3, 0.4) is 0 Å². The number of nitrogens with one attached hydrogen (secondary N) is 2. The summed E-state index contributed by atoms with van der Waals surface area (Å²) in [4.78, 5) is 12.1. The van der Waals surface area contributed by atoms with Crippen molar-refractivity contribution in [3.8, 4) is 0 Å². The first-order chi connectivity index (χ1) is 10.0. The molecule has 0 saturated heterocycles. The lowest BCUT2D eigenvalue weighted by atomic mass is 10.2. The minimum atomic E-state index is -3.16. The summed E-state index contributed by atoms with van der Waals surface area (Å²) < 4.78 is 23.4. The molecule has 0 unspecified atom stereocenters. The summed E-state index contributed by atoms with van der Waals surface area (Å²) in [6, 6.07) is 6.78. The van der Waals surface area contributed by atoms with Crippen molar-refractivity contribution in [2.24, 2.45) is 0 Å². The van der Waals surface area contributed by atoms with Crippen LogP contribution >= 0.6 is 0 Å². The quantitative estimate of drug-likeness (QED) is 0.875. The molecule has 1 aliphatic carbocycles. The van der Waals surface area contributed by atoms with Crippen LogP contribution in [-0.2, 0) is 16.4 Å². The summed E-state index contributed by atoms with van der Waals surface area (Å²) in [7, 11) is -3.16. The molecule has 0 bridgehead atoms. The number of carbonyl (C=O) groups is 1. The molecule has 0 heterocycles. The van der Waals surface area contributed by atoms with E-state index in [1.165, 1.54) is 12.8 Å². The van der Waals surface area contributed by atoms with Crippen LogP contribution in [0.15, 0.2) is 29.2 Å². The van der Waals surface area contributed by atoms with E-state index >= 15 is 0 Å². The van der Waals surface area contributed by atoms with Gasteiger partial charge in [0.15, 0.2) is 9.84 Å². The number of urea groups is 1. The molecular weight excluding hydrogens is 288 g/mol. The van der Waals surface area contributed by atoms with Crippen molar-refractivity contribution < 1.29 is 13.2 Å². The van der Waals surface area contributed by atoms with Gasteiger partial charge in [-0.1, -0.05) is 31.9 Å². The fourth-order valence-corrected chi connectivity index (χ4v) is 3.35. The van der Waals surface area contributed by atoms with Gasteiger partial charge in [0.2, 0.25) is 0 Å². The number of hydrogen-bond donors (Lipinski definition) is 2. The molecule has 1 aromatic carbocycles. The van der Waals surface area contributed by atoms with Crippen molar-refractivity contribution in [3.63, 3.8) is 0 Å². The Morgan fingerprint density at radius 3 is 2.38 bits per heavy atom. The lowest BCUT2D eigenvalue weighted by Gasteiger charge is -2.13. The maximum atomic E-state index is 11.7. The SMILES string of the molecule is CCS(=O)(=O)c1ccc(CNC(=O)NC2CCCC2)cc1. The minimum Gasteiger partial charge on any atom is -0.335 e. The van der Waals surface area contributed by atoms with Gasteiger partial charge >= 0.3 is 6.03 Å². The molecular formula is C15H22N2O3S. The van der Waals surface area contributed by atoms with Crippen LogP contribution in [0.5, 0.6) is 0 Å². The largest absolute Gasteiger partial charge is 0.335 e. The van der Waals surface area contributed by atoms with Crippen LogP contribution in [0.2, 0.25) is 0 Å². The molecule has 2 rings (SSSR count). The minimum absolute atomic E-state index is 0.0917. The van der Waals surface area contributed by atoms with E-state index in [1.54, 1.807) is 31.2 Å². The molecule has 2 N–H and O–H groups in total. The fourth-order valence-electron chi connectivity index (χ4n) is 2.47. The Bertz CT molecular complexity index is 575. The van der Waals surface area contributed by atoms with E-state index in [2.05, 4.69) is 10.6 Å². The first-order valence-corrected chi connectivity index (χ1v) is 9.02. The second-order valence-electron chi connectivity index (χ2n) is 5.36. The molecule has 0 atom stereocenters. The number of carbonyl (C=O) groups excluding carboxylic acids is 1. The second kappa shape index (κ2) is 6.93. The molecule has 0 radical (unpaired) electrons. The number of benzene rings is 1. The summed E-state index contributed by atoms with van der Waals surface area (Å²) in [6.45, 7) is 2.02. The van der Waals surface area contributed by atoms with Crippen molar-refractivity contribution >= 4 is 15.9 Å². The maximum Gasteiger partial charge on any atom is 0.315 e. The Morgan fingerprint density at radius 2 is 1.81 bits per heavy atom. The molecule has 2 amide bonds. The summed E-state index contributed by atoms with van der Waals surface area (Å²) >= 11 is 0. The molecule has 1 fully saturated rings. The second-order valence-corrected chi connectivity index (χ2v) is 7.63. The molecule has 1 aromatic rings. The normalized spacial score (nSPS) is 15.9. The Hall–Kier alpha value is -1.56. The predicted molar refractivity (Wildman–Crippen MR) is 81.8 cm³/mol.